The van der Waals surface area contributed by atoms with E-state index in [2.05, 4.69) is 6.92 Å². The van der Waals surface area contributed by atoms with E-state index >= 15 is 0 Å². The number of unbranched alkanes of at least 4 members (excludes halogenated alkanes) is 7. The first-order valence-corrected chi connectivity index (χ1v) is 12.8. The van der Waals surface area contributed by atoms with Crippen molar-refractivity contribution in [1.29, 1.82) is 0 Å². The van der Waals surface area contributed by atoms with Gasteiger partial charge in [-0.1, -0.05) is 57.9 Å². The van der Waals surface area contributed by atoms with Crippen LogP contribution >= 0.6 is 11.3 Å². The van der Waals surface area contributed by atoms with Crippen LogP contribution in [0.1, 0.15) is 78.3 Å². The number of rotatable bonds is 14. The fourth-order valence-electron chi connectivity index (χ4n) is 3.41. The second-order valence-corrected chi connectivity index (χ2v) is 9.02. The molecule has 5 nitrogen and oxygen atoms in total. The molecule has 1 aromatic heterocycles. The maximum absolute atomic E-state index is 12.4. The van der Waals surface area contributed by atoms with Gasteiger partial charge < -0.3 is 14.2 Å². The van der Waals surface area contributed by atoms with Gasteiger partial charge in [-0.15, -0.1) is 11.3 Å². The van der Waals surface area contributed by atoms with Crippen molar-refractivity contribution in [2.45, 2.75) is 58.3 Å². The molecule has 0 N–H and O–H groups in total. The summed E-state index contributed by atoms with van der Waals surface area (Å²) in [6.07, 6.45) is 10.1. The number of thiophene rings is 1. The predicted octanol–water partition coefficient (Wildman–Crippen LogP) is 7.71. The minimum atomic E-state index is -0.460. The van der Waals surface area contributed by atoms with Crippen molar-refractivity contribution in [3.63, 3.8) is 0 Å². The van der Waals surface area contributed by atoms with Crippen molar-refractivity contribution in [1.82, 2.24) is 0 Å². The molecular weight excluding hydrogens is 448 g/mol. The molecule has 0 spiro atoms. The molecule has 0 atom stereocenters. The van der Waals surface area contributed by atoms with Crippen molar-refractivity contribution in [3.05, 3.63) is 76.5 Å². The van der Waals surface area contributed by atoms with Gasteiger partial charge in [-0.25, -0.2) is 9.59 Å². The fourth-order valence-corrected chi connectivity index (χ4v) is 4.01. The van der Waals surface area contributed by atoms with E-state index in [1.54, 1.807) is 60.7 Å². The average molecular weight is 481 g/mol. The maximum Gasteiger partial charge on any atom is 0.353 e. The molecule has 34 heavy (non-hydrogen) atoms. The van der Waals surface area contributed by atoms with Crippen molar-refractivity contribution in [2.75, 3.05) is 6.61 Å². The third-order valence-corrected chi connectivity index (χ3v) is 6.17. The summed E-state index contributed by atoms with van der Waals surface area (Å²) in [6.45, 7) is 2.92. The highest BCUT2D eigenvalue weighted by molar-refractivity contribution is 7.12. The van der Waals surface area contributed by atoms with E-state index in [1.165, 1.54) is 56.3 Å². The smallest absolute Gasteiger partial charge is 0.353 e. The average Bonchev–Trinajstić information content (AvgIpc) is 3.40. The van der Waals surface area contributed by atoms with Crippen LogP contribution in [0.25, 0.3) is 0 Å². The van der Waals surface area contributed by atoms with Gasteiger partial charge in [0, 0.05) is 0 Å². The summed E-state index contributed by atoms with van der Waals surface area (Å²) in [6, 6.07) is 16.8. The summed E-state index contributed by atoms with van der Waals surface area (Å²) in [5.41, 5.74) is 0.438. The zero-order valence-electron chi connectivity index (χ0n) is 19.7. The first-order chi connectivity index (χ1) is 16.7. The molecule has 0 aliphatic carbocycles. The first kappa shape index (κ1) is 25.5. The Morgan fingerprint density at radius 3 is 1.82 bits per heavy atom. The van der Waals surface area contributed by atoms with Crippen LogP contribution in [-0.2, 0) is 0 Å². The SMILES string of the molecule is CCCCCCCCCCOc1ccc(C(=O)Oc2ccc(OC(=O)c3cccs3)cc2)cc1. The number of carbonyl (C=O) groups excluding carboxylic acids is 2. The number of benzene rings is 2. The largest absolute Gasteiger partial charge is 0.494 e. The molecular formula is C28H32O5S. The molecule has 0 amide bonds. The lowest BCUT2D eigenvalue weighted by Gasteiger charge is -2.08. The minimum Gasteiger partial charge on any atom is -0.494 e. The molecule has 0 saturated carbocycles. The highest BCUT2D eigenvalue weighted by atomic mass is 32.1. The monoisotopic (exact) mass is 480 g/mol. The van der Waals surface area contributed by atoms with Crippen LogP contribution in [0.15, 0.2) is 66.0 Å². The van der Waals surface area contributed by atoms with Gasteiger partial charge in [0.25, 0.3) is 0 Å². The summed E-state index contributed by atoms with van der Waals surface area (Å²) in [7, 11) is 0. The lowest BCUT2D eigenvalue weighted by molar-refractivity contribution is 0.0721. The van der Waals surface area contributed by atoms with E-state index in [-0.39, 0.29) is 0 Å². The van der Waals surface area contributed by atoms with Crippen LogP contribution in [0.2, 0.25) is 0 Å². The molecule has 1 heterocycles. The molecule has 0 saturated heterocycles. The molecule has 0 unspecified atom stereocenters. The first-order valence-electron chi connectivity index (χ1n) is 12.0. The maximum atomic E-state index is 12.4. The normalized spacial score (nSPS) is 10.6. The van der Waals surface area contributed by atoms with Gasteiger partial charge in [-0.05, 0) is 66.4 Å². The van der Waals surface area contributed by atoms with Crippen LogP contribution < -0.4 is 14.2 Å². The van der Waals surface area contributed by atoms with Gasteiger partial charge in [0.05, 0.1) is 12.2 Å². The topological polar surface area (TPSA) is 61.8 Å². The van der Waals surface area contributed by atoms with Crippen LogP contribution in [0.5, 0.6) is 17.2 Å². The van der Waals surface area contributed by atoms with E-state index < -0.39 is 11.9 Å². The van der Waals surface area contributed by atoms with E-state index in [0.717, 1.165) is 12.2 Å². The van der Waals surface area contributed by atoms with E-state index in [9.17, 15) is 9.59 Å². The lowest BCUT2D eigenvalue weighted by Crippen LogP contribution is -2.09. The van der Waals surface area contributed by atoms with Crippen LogP contribution in [0, 0.1) is 0 Å². The summed E-state index contributed by atoms with van der Waals surface area (Å²) in [5, 5.41) is 1.81. The Bertz CT molecular complexity index is 994. The number of esters is 2. The number of hydrogen-bond donors (Lipinski definition) is 0. The second-order valence-electron chi connectivity index (χ2n) is 8.08. The standard InChI is InChI=1S/C28H32O5S/c1-2-3-4-5-6-7-8-9-20-31-23-14-12-22(13-15-23)27(29)32-24-16-18-25(19-17-24)33-28(30)26-11-10-21-34-26/h10-19,21H,2-9,20H2,1H3. The van der Waals surface area contributed by atoms with Gasteiger partial charge in [0.1, 0.15) is 22.1 Å². The molecule has 0 aliphatic rings. The Hall–Kier alpha value is -3.12. The molecule has 0 fully saturated rings. The third-order valence-electron chi connectivity index (χ3n) is 5.32. The van der Waals surface area contributed by atoms with Crippen molar-refractivity contribution in [3.8, 4) is 17.2 Å². The Morgan fingerprint density at radius 2 is 1.24 bits per heavy atom. The summed E-state index contributed by atoms with van der Waals surface area (Å²) >= 11 is 1.32. The summed E-state index contributed by atoms with van der Waals surface area (Å²) in [4.78, 5) is 25.0. The molecule has 0 radical (unpaired) electrons. The van der Waals surface area contributed by atoms with Crippen LogP contribution in [0.4, 0.5) is 0 Å². The zero-order chi connectivity index (χ0) is 24.0. The highest BCUT2D eigenvalue weighted by Gasteiger charge is 2.11. The van der Waals surface area contributed by atoms with Crippen molar-refractivity contribution >= 4 is 23.3 Å². The van der Waals surface area contributed by atoms with Crippen molar-refractivity contribution in [2.24, 2.45) is 0 Å². The quantitative estimate of drug-likeness (QED) is 0.134. The van der Waals surface area contributed by atoms with E-state index in [4.69, 9.17) is 14.2 Å². The number of carbonyl (C=O) groups is 2. The summed E-state index contributed by atoms with van der Waals surface area (Å²) < 4.78 is 16.5. The van der Waals surface area contributed by atoms with E-state index in [0.29, 0.717) is 28.5 Å². The summed E-state index contributed by atoms with van der Waals surface area (Å²) in [5.74, 6) is 0.631. The molecule has 0 bridgehead atoms. The van der Waals surface area contributed by atoms with Gasteiger partial charge in [-0.2, -0.15) is 0 Å². The highest BCUT2D eigenvalue weighted by Crippen LogP contribution is 2.21. The zero-order valence-corrected chi connectivity index (χ0v) is 20.5. The molecule has 2 aromatic carbocycles. The second kappa shape index (κ2) is 14.2. The van der Waals surface area contributed by atoms with Gasteiger partial charge in [0.2, 0.25) is 0 Å². The number of hydrogen-bond acceptors (Lipinski definition) is 6. The van der Waals surface area contributed by atoms with Crippen LogP contribution in [-0.4, -0.2) is 18.5 Å². The fraction of sp³-hybridized carbons (Fsp3) is 0.357. The van der Waals surface area contributed by atoms with Crippen LogP contribution in [0.3, 0.4) is 0 Å². The molecule has 6 heteroatoms. The third kappa shape index (κ3) is 8.67. The molecule has 3 rings (SSSR count). The Morgan fingerprint density at radius 1 is 0.676 bits per heavy atom. The predicted molar refractivity (Wildman–Crippen MR) is 135 cm³/mol. The van der Waals surface area contributed by atoms with Gasteiger partial charge >= 0.3 is 11.9 Å². The van der Waals surface area contributed by atoms with Gasteiger partial charge in [0.15, 0.2) is 0 Å². The Labute approximate surface area is 205 Å². The minimum absolute atomic E-state index is 0.371. The Kier molecular flexibility index (Phi) is 10.7. The molecule has 3 aromatic rings. The van der Waals surface area contributed by atoms with Crippen molar-refractivity contribution < 1.29 is 23.8 Å². The number of ether oxygens (including phenoxy) is 3. The lowest BCUT2D eigenvalue weighted by atomic mass is 10.1. The molecule has 180 valence electrons. The molecule has 0 aliphatic heterocycles. The van der Waals surface area contributed by atoms with E-state index in [1.807, 2.05) is 5.38 Å². The Balaban J connectivity index is 1.37. The van der Waals surface area contributed by atoms with Gasteiger partial charge in [-0.3, -0.25) is 0 Å².